The number of carboxylic acids is 1. The molecule has 3 atom stereocenters. The zero-order chi connectivity index (χ0) is 14.1. The van der Waals surface area contributed by atoms with E-state index < -0.39 is 5.97 Å². The zero-order valence-electron chi connectivity index (χ0n) is 11.3. The maximum atomic E-state index is 10.5. The second-order valence-electron chi connectivity index (χ2n) is 5.29. The normalized spacial score (nSPS) is 31.5. The second-order valence-corrected chi connectivity index (χ2v) is 5.29. The Hall–Kier alpha value is -1.10. The lowest BCUT2D eigenvalue weighted by Crippen LogP contribution is -2.21. The minimum Gasteiger partial charge on any atom is -0.483 e. The van der Waals surface area contributed by atoms with Crippen molar-refractivity contribution in [3.63, 3.8) is 0 Å². The highest BCUT2D eigenvalue weighted by Crippen LogP contribution is 2.39. The van der Waals surface area contributed by atoms with Crippen LogP contribution in [-0.4, -0.2) is 34.9 Å². The van der Waals surface area contributed by atoms with Gasteiger partial charge >= 0.3 is 5.97 Å². The van der Waals surface area contributed by atoms with Crippen molar-refractivity contribution in [2.75, 3.05) is 0 Å². The Bertz CT molecular complexity index is 264. The van der Waals surface area contributed by atoms with Crippen LogP contribution in [0.15, 0.2) is 0 Å². The van der Waals surface area contributed by atoms with E-state index in [1.165, 1.54) is 38.5 Å². The van der Waals surface area contributed by atoms with Crippen LogP contribution in [0.5, 0.6) is 0 Å². The molecule has 2 aliphatic carbocycles. The molecular formula is C14H24O5. The van der Waals surface area contributed by atoms with Gasteiger partial charge < -0.3 is 14.9 Å². The molecule has 3 fully saturated rings. The Morgan fingerprint density at radius 2 is 1.47 bits per heavy atom. The van der Waals surface area contributed by atoms with E-state index in [-0.39, 0.29) is 18.5 Å². The molecule has 0 amide bonds. The van der Waals surface area contributed by atoms with Crippen molar-refractivity contribution in [3.05, 3.63) is 0 Å². The summed E-state index contributed by atoms with van der Waals surface area (Å²) < 4.78 is 5.19. The molecule has 3 rings (SSSR count). The highest BCUT2D eigenvalue weighted by Gasteiger charge is 2.45. The molecule has 3 unspecified atom stereocenters. The second kappa shape index (κ2) is 8.91. The fraction of sp³-hybridized carbons (Fsp3) is 0.857. The summed E-state index contributed by atoms with van der Waals surface area (Å²) in [6, 6.07) is 0. The number of carboxylic acid groups (broad SMARTS) is 2. The molecule has 19 heavy (non-hydrogen) atoms. The van der Waals surface area contributed by atoms with Crippen LogP contribution in [0.2, 0.25) is 0 Å². The van der Waals surface area contributed by atoms with Gasteiger partial charge in [0.05, 0.1) is 18.1 Å². The van der Waals surface area contributed by atoms with Crippen LogP contribution < -0.4 is 0 Å². The first-order valence-corrected chi connectivity index (χ1v) is 7.15. The van der Waals surface area contributed by atoms with Gasteiger partial charge in [-0.05, 0) is 19.3 Å². The molecule has 1 saturated heterocycles. The SMILES string of the molecule is C1CCCCC1.O=C(O)C1CCC2OC2C1.O=CO. The first-order chi connectivity index (χ1) is 9.19. The van der Waals surface area contributed by atoms with Crippen molar-refractivity contribution >= 4 is 12.4 Å². The molecule has 3 aliphatic rings. The van der Waals surface area contributed by atoms with E-state index in [1.54, 1.807) is 0 Å². The lowest BCUT2D eigenvalue weighted by atomic mass is 9.90. The van der Waals surface area contributed by atoms with Gasteiger partial charge in [-0.3, -0.25) is 9.59 Å². The van der Waals surface area contributed by atoms with Crippen LogP contribution in [-0.2, 0) is 14.3 Å². The van der Waals surface area contributed by atoms with Crippen molar-refractivity contribution in [3.8, 4) is 0 Å². The van der Waals surface area contributed by atoms with Crippen molar-refractivity contribution in [2.45, 2.75) is 70.0 Å². The van der Waals surface area contributed by atoms with E-state index in [4.69, 9.17) is 19.7 Å². The third-order valence-electron chi connectivity index (χ3n) is 3.85. The van der Waals surface area contributed by atoms with Crippen molar-refractivity contribution in [2.24, 2.45) is 5.92 Å². The number of ether oxygens (including phenoxy) is 1. The fourth-order valence-electron chi connectivity index (χ4n) is 2.69. The number of rotatable bonds is 1. The summed E-state index contributed by atoms with van der Waals surface area (Å²) in [4.78, 5) is 18.8. The number of hydrogen-bond acceptors (Lipinski definition) is 3. The molecule has 0 aromatic rings. The molecule has 1 heterocycles. The Kier molecular flexibility index (Phi) is 7.48. The minimum absolute atomic E-state index is 0.135. The average molecular weight is 272 g/mol. The van der Waals surface area contributed by atoms with Crippen LogP contribution in [0.1, 0.15) is 57.8 Å². The Morgan fingerprint density at radius 3 is 1.84 bits per heavy atom. The molecule has 2 N–H and O–H groups in total. The Labute approximate surface area is 114 Å². The zero-order valence-corrected chi connectivity index (χ0v) is 11.3. The summed E-state index contributed by atoms with van der Waals surface area (Å²) in [5.41, 5.74) is 0. The summed E-state index contributed by atoms with van der Waals surface area (Å²) in [6.07, 6.45) is 12.2. The van der Waals surface area contributed by atoms with E-state index in [0.717, 1.165) is 19.3 Å². The van der Waals surface area contributed by atoms with Crippen LogP contribution in [0.4, 0.5) is 0 Å². The van der Waals surface area contributed by atoms with Gasteiger partial charge in [0, 0.05) is 0 Å². The summed E-state index contributed by atoms with van der Waals surface area (Å²) in [6.45, 7) is -0.250. The quantitative estimate of drug-likeness (QED) is 0.566. The molecular weight excluding hydrogens is 248 g/mol. The van der Waals surface area contributed by atoms with E-state index >= 15 is 0 Å². The van der Waals surface area contributed by atoms with Gasteiger partial charge in [-0.1, -0.05) is 38.5 Å². The van der Waals surface area contributed by atoms with E-state index in [1.807, 2.05) is 0 Å². The highest BCUT2D eigenvalue weighted by molar-refractivity contribution is 5.70. The molecule has 0 aromatic heterocycles. The van der Waals surface area contributed by atoms with Crippen LogP contribution in [0.3, 0.4) is 0 Å². The first-order valence-electron chi connectivity index (χ1n) is 7.15. The topological polar surface area (TPSA) is 87.1 Å². The number of hydrogen-bond donors (Lipinski definition) is 2. The first kappa shape index (κ1) is 16.0. The molecule has 5 nitrogen and oxygen atoms in total. The van der Waals surface area contributed by atoms with Crippen LogP contribution in [0.25, 0.3) is 0 Å². The van der Waals surface area contributed by atoms with Gasteiger partial charge in [0.15, 0.2) is 0 Å². The van der Waals surface area contributed by atoms with Crippen molar-refractivity contribution in [1.82, 2.24) is 0 Å². The largest absolute Gasteiger partial charge is 0.483 e. The molecule has 1 aliphatic heterocycles. The number of aliphatic carboxylic acids is 1. The van der Waals surface area contributed by atoms with Gasteiger partial charge in [-0.25, -0.2) is 0 Å². The summed E-state index contributed by atoms with van der Waals surface area (Å²) >= 11 is 0. The number of fused-ring (bicyclic) bond motifs is 1. The maximum absolute atomic E-state index is 10.5. The molecule has 0 radical (unpaired) electrons. The monoisotopic (exact) mass is 272 g/mol. The van der Waals surface area contributed by atoms with E-state index in [9.17, 15) is 4.79 Å². The summed E-state index contributed by atoms with van der Waals surface area (Å²) in [5.74, 6) is -0.794. The van der Waals surface area contributed by atoms with Gasteiger partial charge in [0.25, 0.3) is 6.47 Å². The maximum Gasteiger partial charge on any atom is 0.306 e. The minimum atomic E-state index is -0.658. The third-order valence-corrected chi connectivity index (χ3v) is 3.85. The summed E-state index contributed by atoms with van der Waals surface area (Å²) in [7, 11) is 0. The predicted octanol–water partition coefficient (Wildman–Crippen LogP) is 2.68. The van der Waals surface area contributed by atoms with E-state index in [2.05, 4.69) is 0 Å². The lowest BCUT2D eigenvalue weighted by Gasteiger charge is -2.12. The summed E-state index contributed by atoms with van der Waals surface area (Å²) in [5, 5.41) is 15.5. The van der Waals surface area contributed by atoms with Crippen molar-refractivity contribution < 1.29 is 24.5 Å². The van der Waals surface area contributed by atoms with Crippen molar-refractivity contribution in [1.29, 1.82) is 0 Å². The van der Waals surface area contributed by atoms with Gasteiger partial charge in [0.2, 0.25) is 0 Å². The molecule has 2 saturated carbocycles. The van der Waals surface area contributed by atoms with Gasteiger partial charge in [-0.15, -0.1) is 0 Å². The van der Waals surface area contributed by atoms with Crippen LogP contribution in [0, 0.1) is 5.92 Å². The smallest absolute Gasteiger partial charge is 0.306 e. The third kappa shape index (κ3) is 6.57. The lowest BCUT2D eigenvalue weighted by molar-refractivity contribution is -0.142. The standard InChI is InChI=1S/C7H10O3.C6H12.CH2O2/c8-7(9)4-1-2-5-6(3-4)10-5;1-2-4-6-5-3-1;2-1-3/h4-6H,1-3H2,(H,8,9);1-6H2;1H,(H,2,3). The van der Waals surface area contributed by atoms with E-state index in [0.29, 0.717) is 6.10 Å². The molecule has 5 heteroatoms. The average Bonchev–Trinajstić information content (AvgIpc) is 3.20. The Balaban J connectivity index is 0.000000172. The predicted molar refractivity (Wildman–Crippen MR) is 70.0 cm³/mol. The fourth-order valence-corrected chi connectivity index (χ4v) is 2.69. The highest BCUT2D eigenvalue weighted by atomic mass is 16.6. The number of epoxide rings is 1. The van der Waals surface area contributed by atoms with Gasteiger partial charge in [-0.2, -0.15) is 0 Å². The molecule has 0 aromatic carbocycles. The Morgan fingerprint density at radius 1 is 1.00 bits per heavy atom. The van der Waals surface area contributed by atoms with Crippen LogP contribution >= 0.6 is 0 Å². The number of carbonyl (C=O) groups is 2. The molecule has 110 valence electrons. The van der Waals surface area contributed by atoms with Gasteiger partial charge in [0.1, 0.15) is 0 Å². The molecule has 0 bridgehead atoms. The molecule has 0 spiro atoms.